The average molecular weight is 476 g/mol. The Morgan fingerprint density at radius 2 is 1.51 bits per heavy atom. The largest absolute Gasteiger partial charge is 0.379 e. The van der Waals surface area contributed by atoms with Gasteiger partial charge in [0, 0.05) is 50.4 Å². The first kappa shape index (κ1) is 24.0. The van der Waals surface area contributed by atoms with Gasteiger partial charge < -0.3 is 15.0 Å². The van der Waals surface area contributed by atoms with Gasteiger partial charge in [0.05, 0.1) is 13.2 Å². The molecule has 2 aliphatic heterocycles. The third kappa shape index (κ3) is 5.44. The Balaban J connectivity index is 1.06. The fourth-order valence-corrected chi connectivity index (χ4v) is 5.51. The van der Waals surface area contributed by atoms with E-state index in [1.165, 1.54) is 11.1 Å². The number of benzene rings is 2. The van der Waals surface area contributed by atoms with E-state index in [0.717, 1.165) is 51.5 Å². The number of carbonyl (C=O) groups excluding carboxylic acids is 2. The van der Waals surface area contributed by atoms with Crippen molar-refractivity contribution >= 4 is 11.8 Å². The van der Waals surface area contributed by atoms with Crippen LogP contribution in [0.15, 0.2) is 48.5 Å². The molecule has 5 rings (SSSR count). The van der Waals surface area contributed by atoms with Crippen LogP contribution in [0.5, 0.6) is 0 Å². The number of hydrogen-bond donors (Lipinski definition) is 1. The minimum atomic E-state index is -0.0141. The first-order valence-corrected chi connectivity index (χ1v) is 12.9. The van der Waals surface area contributed by atoms with Gasteiger partial charge in [0.15, 0.2) is 0 Å². The molecule has 2 amide bonds. The van der Waals surface area contributed by atoms with Crippen molar-refractivity contribution in [3.05, 3.63) is 70.8 Å². The lowest BCUT2D eigenvalue weighted by Gasteiger charge is -2.26. The monoisotopic (exact) mass is 475 g/mol. The number of carbonyl (C=O) groups is 2. The second-order valence-corrected chi connectivity index (χ2v) is 11.3. The molecule has 1 saturated carbocycles. The van der Waals surface area contributed by atoms with E-state index in [1.807, 2.05) is 41.3 Å². The molecule has 3 fully saturated rings. The summed E-state index contributed by atoms with van der Waals surface area (Å²) in [7, 11) is 0. The Morgan fingerprint density at radius 1 is 0.914 bits per heavy atom. The smallest absolute Gasteiger partial charge is 0.253 e. The lowest BCUT2D eigenvalue weighted by Crippen LogP contribution is -2.35. The summed E-state index contributed by atoms with van der Waals surface area (Å²) in [6, 6.07) is 16.0. The van der Waals surface area contributed by atoms with Crippen LogP contribution in [0.3, 0.4) is 0 Å². The number of morpholine rings is 1. The van der Waals surface area contributed by atoms with Crippen molar-refractivity contribution in [1.29, 1.82) is 0 Å². The summed E-state index contributed by atoms with van der Waals surface area (Å²) in [5.74, 6) is 1.59. The van der Waals surface area contributed by atoms with Crippen LogP contribution >= 0.6 is 0 Å². The van der Waals surface area contributed by atoms with Crippen LogP contribution in [0, 0.1) is 17.8 Å². The van der Waals surface area contributed by atoms with Crippen LogP contribution in [-0.4, -0.2) is 67.6 Å². The summed E-state index contributed by atoms with van der Waals surface area (Å²) in [6.45, 7) is 13.2. The van der Waals surface area contributed by atoms with Gasteiger partial charge >= 0.3 is 0 Å². The molecule has 2 unspecified atom stereocenters. The van der Waals surface area contributed by atoms with Crippen molar-refractivity contribution in [3.8, 4) is 0 Å². The summed E-state index contributed by atoms with van der Waals surface area (Å²) in [6.07, 6.45) is 0. The molecule has 0 spiro atoms. The van der Waals surface area contributed by atoms with E-state index in [1.54, 1.807) is 0 Å². The average Bonchev–Trinajstić information content (AvgIpc) is 3.30. The lowest BCUT2D eigenvalue weighted by atomic mass is 9.86. The molecule has 2 aromatic carbocycles. The number of fused-ring (bicyclic) bond motifs is 1. The molecular weight excluding hydrogens is 438 g/mol. The van der Waals surface area contributed by atoms with Crippen LogP contribution in [-0.2, 0) is 16.7 Å². The molecule has 0 radical (unpaired) electrons. The van der Waals surface area contributed by atoms with Crippen LogP contribution < -0.4 is 5.32 Å². The molecule has 6 heteroatoms. The maximum absolute atomic E-state index is 12.9. The van der Waals surface area contributed by atoms with E-state index in [0.29, 0.717) is 29.9 Å². The number of hydrogen-bond acceptors (Lipinski definition) is 4. The van der Waals surface area contributed by atoms with Crippen molar-refractivity contribution in [3.63, 3.8) is 0 Å². The first-order valence-electron chi connectivity index (χ1n) is 12.9. The van der Waals surface area contributed by atoms with Crippen molar-refractivity contribution < 1.29 is 14.3 Å². The zero-order valence-electron chi connectivity index (χ0n) is 21.1. The number of amides is 2. The molecule has 2 aromatic rings. The molecule has 2 heterocycles. The van der Waals surface area contributed by atoms with Gasteiger partial charge in [-0.1, -0.05) is 45.0 Å². The summed E-state index contributed by atoms with van der Waals surface area (Å²) in [5.41, 5.74) is 4.01. The van der Waals surface area contributed by atoms with Crippen LogP contribution in [0.25, 0.3) is 0 Å². The topological polar surface area (TPSA) is 61.9 Å². The van der Waals surface area contributed by atoms with Gasteiger partial charge in [-0.15, -0.1) is 0 Å². The van der Waals surface area contributed by atoms with Crippen LogP contribution in [0.4, 0.5) is 0 Å². The fourth-order valence-electron chi connectivity index (χ4n) is 5.51. The van der Waals surface area contributed by atoms with Gasteiger partial charge in [0.1, 0.15) is 0 Å². The Morgan fingerprint density at radius 3 is 2.11 bits per heavy atom. The Kier molecular flexibility index (Phi) is 6.69. The van der Waals surface area contributed by atoms with Gasteiger partial charge in [-0.3, -0.25) is 14.5 Å². The molecule has 186 valence electrons. The van der Waals surface area contributed by atoms with E-state index < -0.39 is 0 Å². The third-order valence-corrected chi connectivity index (χ3v) is 7.88. The van der Waals surface area contributed by atoms with Gasteiger partial charge in [0.25, 0.3) is 11.8 Å². The molecular formula is C29H37N3O3. The molecule has 1 aliphatic carbocycles. The molecule has 6 nitrogen and oxygen atoms in total. The summed E-state index contributed by atoms with van der Waals surface area (Å²) in [4.78, 5) is 29.9. The number of nitrogens with one attached hydrogen (secondary N) is 1. The van der Waals surface area contributed by atoms with Crippen molar-refractivity contribution in [2.75, 3.05) is 45.9 Å². The molecule has 35 heavy (non-hydrogen) atoms. The lowest BCUT2D eigenvalue weighted by molar-refractivity contribution is 0.0342. The quantitative estimate of drug-likeness (QED) is 0.694. The van der Waals surface area contributed by atoms with Crippen molar-refractivity contribution in [1.82, 2.24) is 15.1 Å². The number of rotatable bonds is 6. The molecule has 0 aromatic heterocycles. The Labute approximate surface area is 208 Å². The summed E-state index contributed by atoms with van der Waals surface area (Å²) >= 11 is 0. The predicted octanol–water partition coefficient (Wildman–Crippen LogP) is 3.56. The maximum Gasteiger partial charge on any atom is 0.253 e. The van der Waals surface area contributed by atoms with Crippen LogP contribution in [0.2, 0.25) is 0 Å². The second-order valence-electron chi connectivity index (χ2n) is 11.3. The molecule has 1 N–H and O–H groups in total. The van der Waals surface area contributed by atoms with E-state index in [9.17, 15) is 9.59 Å². The Bertz CT molecular complexity index is 1040. The second kappa shape index (κ2) is 9.75. The third-order valence-electron chi connectivity index (χ3n) is 7.88. The van der Waals surface area contributed by atoms with Crippen molar-refractivity contribution in [2.24, 2.45) is 17.8 Å². The van der Waals surface area contributed by atoms with Gasteiger partial charge in [-0.05, 0) is 58.6 Å². The number of piperidine rings is 1. The van der Waals surface area contributed by atoms with E-state index >= 15 is 0 Å². The van der Waals surface area contributed by atoms with E-state index in [4.69, 9.17) is 4.74 Å². The van der Waals surface area contributed by atoms with Crippen molar-refractivity contribution in [2.45, 2.75) is 32.7 Å². The summed E-state index contributed by atoms with van der Waals surface area (Å²) in [5, 5.41) is 3.12. The first-order chi connectivity index (χ1) is 16.8. The van der Waals surface area contributed by atoms with Gasteiger partial charge in [0.2, 0.25) is 0 Å². The summed E-state index contributed by atoms with van der Waals surface area (Å²) < 4.78 is 5.40. The van der Waals surface area contributed by atoms with E-state index in [2.05, 4.69) is 43.1 Å². The maximum atomic E-state index is 12.9. The van der Waals surface area contributed by atoms with E-state index in [-0.39, 0.29) is 17.2 Å². The zero-order chi connectivity index (χ0) is 24.6. The SMILES string of the molecule is CC(C)(C)c1ccc(C(=O)N2CC3C(CNC(=O)c4ccc(CN5CCOCC5)cc4)C3C2)cc1. The Hall–Kier alpha value is -2.70. The molecule has 2 atom stereocenters. The molecule has 2 saturated heterocycles. The highest BCUT2D eigenvalue weighted by atomic mass is 16.5. The fraction of sp³-hybridized carbons (Fsp3) is 0.517. The standard InChI is InChI=1S/C29H37N3O3/c1-29(2,3)23-10-8-22(9-11-23)28(34)32-18-25-24(26(25)19-32)16-30-27(33)21-6-4-20(5-7-21)17-31-12-14-35-15-13-31/h4-11,24-26H,12-19H2,1-3H3,(H,30,33). The van der Waals surface area contributed by atoms with Crippen LogP contribution in [0.1, 0.15) is 52.6 Å². The number of nitrogens with zero attached hydrogens (tertiary/aromatic N) is 2. The van der Waals surface area contributed by atoms with Gasteiger partial charge in [-0.2, -0.15) is 0 Å². The highest BCUT2D eigenvalue weighted by Crippen LogP contribution is 2.51. The predicted molar refractivity (Wildman–Crippen MR) is 136 cm³/mol. The highest BCUT2D eigenvalue weighted by molar-refractivity contribution is 5.95. The molecule has 0 bridgehead atoms. The minimum absolute atomic E-state index is 0.0141. The number of likely N-dealkylation sites (tertiary alicyclic amines) is 1. The van der Waals surface area contributed by atoms with Gasteiger partial charge in [-0.25, -0.2) is 0 Å². The zero-order valence-corrected chi connectivity index (χ0v) is 21.1. The highest BCUT2D eigenvalue weighted by Gasteiger charge is 2.56. The number of ether oxygens (including phenoxy) is 1. The molecule has 3 aliphatic rings. The minimum Gasteiger partial charge on any atom is -0.379 e. The normalized spacial score (nSPS) is 24.2.